The standard InChI is InChI=1S/C17H31N3O3.ClH/c1-2-23-12-4-9-19-16(21)14-6-10-20(11-7-14)17(22)15-5-3-8-18-13-15;/h14-15,18H,2-13H2,1H3,(H,19,21);1H. The normalized spacial score (nSPS) is 21.9. The van der Waals surface area contributed by atoms with Gasteiger partial charge in [0.15, 0.2) is 0 Å². The maximum absolute atomic E-state index is 12.5. The van der Waals surface area contributed by atoms with Gasteiger partial charge in [-0.15, -0.1) is 12.4 Å². The van der Waals surface area contributed by atoms with Crippen LogP contribution in [0, 0.1) is 11.8 Å². The van der Waals surface area contributed by atoms with Crippen LogP contribution >= 0.6 is 12.4 Å². The number of nitrogens with one attached hydrogen (secondary N) is 2. The van der Waals surface area contributed by atoms with E-state index in [4.69, 9.17) is 4.74 Å². The molecule has 0 aliphatic carbocycles. The average Bonchev–Trinajstić information content (AvgIpc) is 2.61. The quantitative estimate of drug-likeness (QED) is 0.668. The summed E-state index contributed by atoms with van der Waals surface area (Å²) in [5.74, 6) is 0.587. The van der Waals surface area contributed by atoms with E-state index in [0.717, 1.165) is 51.8 Å². The third kappa shape index (κ3) is 6.57. The number of halogens is 1. The highest BCUT2D eigenvalue weighted by Gasteiger charge is 2.31. The molecule has 2 rings (SSSR count). The molecule has 0 saturated carbocycles. The summed E-state index contributed by atoms with van der Waals surface area (Å²) in [5.41, 5.74) is 0. The lowest BCUT2D eigenvalue weighted by Crippen LogP contribution is -2.48. The van der Waals surface area contributed by atoms with E-state index in [9.17, 15) is 9.59 Å². The first-order valence-corrected chi connectivity index (χ1v) is 9.07. The molecule has 7 heteroatoms. The number of amides is 2. The van der Waals surface area contributed by atoms with Crippen molar-refractivity contribution in [3.63, 3.8) is 0 Å². The molecule has 1 atom stereocenters. The number of hydrogen-bond acceptors (Lipinski definition) is 4. The maximum atomic E-state index is 12.5. The lowest BCUT2D eigenvalue weighted by molar-refractivity contribution is -0.139. The van der Waals surface area contributed by atoms with Crippen LogP contribution in [0.1, 0.15) is 39.0 Å². The van der Waals surface area contributed by atoms with E-state index in [1.54, 1.807) is 0 Å². The Hall–Kier alpha value is -0.850. The van der Waals surface area contributed by atoms with Gasteiger partial charge in [-0.1, -0.05) is 0 Å². The predicted octanol–water partition coefficient (Wildman–Crippen LogP) is 1.19. The molecule has 140 valence electrons. The third-order valence-corrected chi connectivity index (χ3v) is 4.79. The van der Waals surface area contributed by atoms with E-state index >= 15 is 0 Å². The molecule has 2 aliphatic rings. The van der Waals surface area contributed by atoms with E-state index in [1.807, 2.05) is 11.8 Å². The number of hydrogen-bond donors (Lipinski definition) is 2. The fraction of sp³-hybridized carbons (Fsp3) is 0.882. The van der Waals surface area contributed by atoms with Crippen molar-refractivity contribution in [3.05, 3.63) is 0 Å². The van der Waals surface area contributed by atoms with Crippen molar-refractivity contribution in [1.82, 2.24) is 15.5 Å². The van der Waals surface area contributed by atoms with Crippen molar-refractivity contribution in [1.29, 1.82) is 0 Å². The molecule has 0 aromatic carbocycles. The van der Waals surface area contributed by atoms with Gasteiger partial charge in [0, 0.05) is 45.3 Å². The summed E-state index contributed by atoms with van der Waals surface area (Å²) in [6, 6.07) is 0. The molecular formula is C17H32ClN3O3. The maximum Gasteiger partial charge on any atom is 0.226 e. The Morgan fingerprint density at radius 1 is 1.21 bits per heavy atom. The molecule has 6 nitrogen and oxygen atoms in total. The number of likely N-dealkylation sites (tertiary alicyclic amines) is 1. The van der Waals surface area contributed by atoms with Gasteiger partial charge in [-0.2, -0.15) is 0 Å². The van der Waals surface area contributed by atoms with Gasteiger partial charge in [-0.05, 0) is 45.6 Å². The second kappa shape index (κ2) is 11.7. The zero-order valence-electron chi connectivity index (χ0n) is 14.7. The molecule has 2 amide bonds. The van der Waals surface area contributed by atoms with Crippen LogP contribution in [-0.2, 0) is 14.3 Å². The summed E-state index contributed by atoms with van der Waals surface area (Å²) >= 11 is 0. The van der Waals surface area contributed by atoms with Crippen LogP contribution in [0.3, 0.4) is 0 Å². The molecule has 24 heavy (non-hydrogen) atoms. The molecule has 0 radical (unpaired) electrons. The fourth-order valence-corrected chi connectivity index (χ4v) is 3.36. The SMILES string of the molecule is CCOCCCNC(=O)C1CCN(C(=O)C2CCCNC2)CC1.Cl. The lowest BCUT2D eigenvalue weighted by Gasteiger charge is -2.34. The van der Waals surface area contributed by atoms with Crippen molar-refractivity contribution >= 4 is 24.2 Å². The van der Waals surface area contributed by atoms with Crippen LogP contribution in [0.5, 0.6) is 0 Å². The van der Waals surface area contributed by atoms with E-state index in [2.05, 4.69) is 10.6 Å². The third-order valence-electron chi connectivity index (χ3n) is 4.79. The lowest BCUT2D eigenvalue weighted by atomic mass is 9.93. The van der Waals surface area contributed by atoms with Gasteiger partial charge in [0.25, 0.3) is 0 Å². The number of carbonyl (C=O) groups excluding carboxylic acids is 2. The van der Waals surface area contributed by atoms with Crippen molar-refractivity contribution in [2.24, 2.45) is 11.8 Å². The van der Waals surface area contributed by atoms with E-state index in [-0.39, 0.29) is 36.1 Å². The monoisotopic (exact) mass is 361 g/mol. The Kier molecular flexibility index (Phi) is 10.3. The number of piperidine rings is 2. The first kappa shape index (κ1) is 21.2. The zero-order chi connectivity index (χ0) is 16.5. The summed E-state index contributed by atoms with van der Waals surface area (Å²) in [6.45, 7) is 7.31. The van der Waals surface area contributed by atoms with Crippen LogP contribution in [0.25, 0.3) is 0 Å². The number of ether oxygens (including phenoxy) is 1. The molecule has 0 bridgehead atoms. The van der Waals surface area contributed by atoms with Gasteiger partial charge >= 0.3 is 0 Å². The molecule has 2 heterocycles. The van der Waals surface area contributed by atoms with Crippen LogP contribution in [0.4, 0.5) is 0 Å². The molecule has 2 aliphatic heterocycles. The van der Waals surface area contributed by atoms with Crippen LogP contribution < -0.4 is 10.6 Å². The van der Waals surface area contributed by atoms with Gasteiger partial charge in [0.05, 0.1) is 5.92 Å². The molecule has 0 spiro atoms. The second-order valence-corrected chi connectivity index (χ2v) is 6.48. The van der Waals surface area contributed by atoms with Gasteiger partial charge in [0.2, 0.25) is 11.8 Å². The second-order valence-electron chi connectivity index (χ2n) is 6.48. The van der Waals surface area contributed by atoms with Crippen molar-refractivity contribution in [3.8, 4) is 0 Å². The summed E-state index contributed by atoms with van der Waals surface area (Å²) in [5, 5.41) is 6.28. The van der Waals surface area contributed by atoms with Crippen molar-refractivity contribution < 1.29 is 14.3 Å². The van der Waals surface area contributed by atoms with E-state index in [1.165, 1.54) is 0 Å². The summed E-state index contributed by atoms with van der Waals surface area (Å²) in [7, 11) is 0. The smallest absolute Gasteiger partial charge is 0.226 e. The molecule has 0 aromatic heterocycles. The van der Waals surface area contributed by atoms with Crippen molar-refractivity contribution in [2.45, 2.75) is 39.0 Å². The van der Waals surface area contributed by atoms with Gasteiger partial charge in [0.1, 0.15) is 0 Å². The minimum absolute atomic E-state index is 0. The minimum Gasteiger partial charge on any atom is -0.382 e. The number of nitrogens with zero attached hydrogens (tertiary/aromatic N) is 1. The highest BCUT2D eigenvalue weighted by molar-refractivity contribution is 5.85. The van der Waals surface area contributed by atoms with Crippen molar-refractivity contribution in [2.75, 3.05) is 45.9 Å². The summed E-state index contributed by atoms with van der Waals surface area (Å²) in [4.78, 5) is 26.6. The minimum atomic E-state index is 0. The van der Waals surface area contributed by atoms with Crippen LogP contribution in [0.2, 0.25) is 0 Å². The number of carbonyl (C=O) groups is 2. The molecule has 2 N–H and O–H groups in total. The Morgan fingerprint density at radius 3 is 2.58 bits per heavy atom. The molecule has 1 unspecified atom stereocenters. The molecule has 0 aromatic rings. The Labute approximate surface area is 151 Å². The molecule has 2 saturated heterocycles. The Balaban J connectivity index is 0.00000288. The highest BCUT2D eigenvalue weighted by atomic mass is 35.5. The van der Waals surface area contributed by atoms with E-state index in [0.29, 0.717) is 26.2 Å². The largest absolute Gasteiger partial charge is 0.382 e. The Morgan fingerprint density at radius 2 is 1.96 bits per heavy atom. The highest BCUT2D eigenvalue weighted by Crippen LogP contribution is 2.21. The van der Waals surface area contributed by atoms with Gasteiger partial charge < -0.3 is 20.3 Å². The Bertz CT molecular complexity index is 381. The first-order valence-electron chi connectivity index (χ1n) is 9.07. The van der Waals surface area contributed by atoms with Crippen LogP contribution in [-0.4, -0.2) is 62.7 Å². The summed E-state index contributed by atoms with van der Waals surface area (Å²) in [6.07, 6.45) is 4.49. The summed E-state index contributed by atoms with van der Waals surface area (Å²) < 4.78 is 5.26. The predicted molar refractivity (Wildman–Crippen MR) is 96.3 cm³/mol. The topological polar surface area (TPSA) is 70.7 Å². The fourth-order valence-electron chi connectivity index (χ4n) is 3.36. The van der Waals surface area contributed by atoms with E-state index < -0.39 is 0 Å². The molecular weight excluding hydrogens is 330 g/mol. The van der Waals surface area contributed by atoms with Gasteiger partial charge in [-0.25, -0.2) is 0 Å². The van der Waals surface area contributed by atoms with Crippen LogP contribution in [0.15, 0.2) is 0 Å². The average molecular weight is 362 g/mol. The first-order chi connectivity index (χ1) is 11.2. The van der Waals surface area contributed by atoms with Gasteiger partial charge in [-0.3, -0.25) is 9.59 Å². The molecule has 2 fully saturated rings. The zero-order valence-corrected chi connectivity index (χ0v) is 15.5. The number of rotatable bonds is 7.